The fraction of sp³-hybridized carbons (Fsp3) is 0.333. The molecule has 0 aliphatic rings. The van der Waals surface area contributed by atoms with Crippen LogP contribution in [-0.2, 0) is 12.5 Å². The summed E-state index contributed by atoms with van der Waals surface area (Å²) in [6.45, 7) is 6.51. The molecule has 0 saturated carbocycles. The Hall–Kier alpha value is -2.30. The first-order chi connectivity index (χ1) is 9.36. The maximum atomic E-state index is 5.65. The molecule has 2 heterocycles. The summed E-state index contributed by atoms with van der Waals surface area (Å²) >= 11 is 0. The zero-order valence-electron chi connectivity index (χ0n) is 12.2. The average Bonchev–Trinajstić information content (AvgIpc) is 2.93. The van der Waals surface area contributed by atoms with Crippen LogP contribution in [0.1, 0.15) is 26.6 Å². The zero-order valence-corrected chi connectivity index (χ0v) is 12.2. The van der Waals surface area contributed by atoms with Gasteiger partial charge in [-0.1, -0.05) is 26.8 Å². The fourth-order valence-corrected chi connectivity index (χ4v) is 2.52. The van der Waals surface area contributed by atoms with E-state index in [1.54, 1.807) is 0 Å². The van der Waals surface area contributed by atoms with Crippen LogP contribution in [0.5, 0.6) is 0 Å². The topological polar surface area (TPSA) is 72.5 Å². The minimum atomic E-state index is 0.0202. The first kappa shape index (κ1) is 12.7. The van der Waals surface area contributed by atoms with Crippen LogP contribution in [0, 0.1) is 0 Å². The number of rotatable bonds is 1. The predicted molar refractivity (Wildman–Crippen MR) is 81.4 cm³/mol. The molecular weight excluding hydrogens is 250 g/mol. The maximum Gasteiger partial charge on any atom is 0.145 e. The molecule has 0 aliphatic carbocycles. The lowest BCUT2D eigenvalue weighted by atomic mass is 9.96. The zero-order chi connectivity index (χ0) is 14.5. The van der Waals surface area contributed by atoms with Gasteiger partial charge in [-0.2, -0.15) is 5.10 Å². The van der Waals surface area contributed by atoms with E-state index in [-0.39, 0.29) is 5.41 Å². The molecule has 3 N–H and O–H groups in total. The van der Waals surface area contributed by atoms with Crippen molar-refractivity contribution in [2.45, 2.75) is 26.2 Å². The standard InChI is InChI=1S/C15H19N5/c1-15(2,3)14-17-11-7-9(5-6-12(11)20(14)4)10-8-13(16)19-18-10/h5-8H,1-4H3,(H3,16,18,19). The molecule has 0 unspecified atom stereocenters. The second-order valence-corrected chi connectivity index (χ2v) is 6.15. The summed E-state index contributed by atoms with van der Waals surface area (Å²) < 4.78 is 2.15. The molecule has 5 nitrogen and oxygen atoms in total. The summed E-state index contributed by atoms with van der Waals surface area (Å²) in [6, 6.07) is 8.04. The first-order valence-corrected chi connectivity index (χ1v) is 6.64. The number of H-pyrrole nitrogens is 1. The van der Waals surface area contributed by atoms with Gasteiger partial charge in [-0.05, 0) is 12.1 Å². The van der Waals surface area contributed by atoms with Crippen LogP contribution in [0.4, 0.5) is 5.82 Å². The first-order valence-electron chi connectivity index (χ1n) is 6.64. The highest BCUT2D eigenvalue weighted by Gasteiger charge is 2.21. The average molecular weight is 269 g/mol. The molecule has 0 bridgehead atoms. The number of aryl methyl sites for hydroxylation is 1. The number of nitrogens with one attached hydrogen (secondary N) is 1. The lowest BCUT2D eigenvalue weighted by Gasteiger charge is -2.17. The lowest BCUT2D eigenvalue weighted by Crippen LogP contribution is -2.17. The monoisotopic (exact) mass is 269 g/mol. The van der Waals surface area contributed by atoms with Crippen LogP contribution in [0.3, 0.4) is 0 Å². The van der Waals surface area contributed by atoms with Crippen molar-refractivity contribution in [3.05, 3.63) is 30.1 Å². The SMILES string of the molecule is Cn1c(C(C)(C)C)nc2cc(-c3cc(N)n[nH]3)ccc21. The molecule has 0 aliphatic heterocycles. The maximum absolute atomic E-state index is 5.65. The number of nitrogen functional groups attached to an aromatic ring is 1. The minimum Gasteiger partial charge on any atom is -0.382 e. The molecule has 0 fully saturated rings. The number of fused-ring (bicyclic) bond motifs is 1. The smallest absolute Gasteiger partial charge is 0.145 e. The van der Waals surface area contributed by atoms with Crippen LogP contribution >= 0.6 is 0 Å². The van der Waals surface area contributed by atoms with Gasteiger partial charge in [0.25, 0.3) is 0 Å². The Bertz CT molecular complexity index is 773. The summed E-state index contributed by atoms with van der Waals surface area (Å²) in [4.78, 5) is 4.77. The van der Waals surface area contributed by atoms with E-state index in [2.05, 4.69) is 60.8 Å². The predicted octanol–water partition coefficient (Wildman–Crippen LogP) is 2.84. The second-order valence-electron chi connectivity index (χ2n) is 6.15. The Morgan fingerprint density at radius 3 is 2.55 bits per heavy atom. The molecule has 0 amide bonds. The highest BCUT2D eigenvalue weighted by molar-refractivity contribution is 5.82. The highest BCUT2D eigenvalue weighted by Crippen LogP contribution is 2.28. The largest absolute Gasteiger partial charge is 0.382 e. The molecule has 3 rings (SSSR count). The molecule has 0 radical (unpaired) electrons. The number of aromatic amines is 1. The van der Waals surface area contributed by atoms with Gasteiger partial charge in [-0.15, -0.1) is 0 Å². The van der Waals surface area contributed by atoms with Crippen LogP contribution in [0.25, 0.3) is 22.3 Å². The Morgan fingerprint density at radius 1 is 1.20 bits per heavy atom. The van der Waals surface area contributed by atoms with Crippen molar-refractivity contribution < 1.29 is 0 Å². The Balaban J connectivity index is 2.17. The number of anilines is 1. The molecule has 20 heavy (non-hydrogen) atoms. The van der Waals surface area contributed by atoms with E-state index in [9.17, 15) is 0 Å². The van der Waals surface area contributed by atoms with E-state index in [0.29, 0.717) is 5.82 Å². The quantitative estimate of drug-likeness (QED) is 0.713. The Morgan fingerprint density at radius 2 is 1.95 bits per heavy atom. The van der Waals surface area contributed by atoms with Crippen molar-refractivity contribution in [1.82, 2.24) is 19.7 Å². The molecular formula is C15H19N5. The minimum absolute atomic E-state index is 0.0202. The van der Waals surface area contributed by atoms with Crippen LogP contribution < -0.4 is 5.73 Å². The second kappa shape index (κ2) is 4.10. The molecule has 3 aromatic rings. The van der Waals surface area contributed by atoms with Crippen molar-refractivity contribution in [2.75, 3.05) is 5.73 Å². The molecule has 0 saturated heterocycles. The summed E-state index contributed by atoms with van der Waals surface area (Å²) in [5.41, 5.74) is 9.74. The van der Waals surface area contributed by atoms with Crippen molar-refractivity contribution in [1.29, 1.82) is 0 Å². The third-order valence-electron chi connectivity index (χ3n) is 3.46. The molecule has 0 atom stereocenters. The summed E-state index contributed by atoms with van der Waals surface area (Å²) in [7, 11) is 2.06. The Kier molecular flexibility index (Phi) is 2.61. The highest BCUT2D eigenvalue weighted by atomic mass is 15.2. The van der Waals surface area contributed by atoms with Crippen LogP contribution in [0.2, 0.25) is 0 Å². The van der Waals surface area contributed by atoms with E-state index in [4.69, 9.17) is 10.7 Å². The van der Waals surface area contributed by atoms with Gasteiger partial charge in [-0.25, -0.2) is 4.98 Å². The fourth-order valence-electron chi connectivity index (χ4n) is 2.52. The van der Waals surface area contributed by atoms with Gasteiger partial charge in [0.15, 0.2) is 0 Å². The third kappa shape index (κ3) is 1.95. The van der Waals surface area contributed by atoms with Crippen molar-refractivity contribution in [3.63, 3.8) is 0 Å². The van der Waals surface area contributed by atoms with Gasteiger partial charge in [-0.3, -0.25) is 5.10 Å². The Labute approximate surface area is 117 Å². The van der Waals surface area contributed by atoms with Gasteiger partial charge in [0.05, 0.1) is 16.7 Å². The number of imidazole rings is 1. The number of nitrogens with two attached hydrogens (primary N) is 1. The van der Waals surface area contributed by atoms with Gasteiger partial charge < -0.3 is 10.3 Å². The molecule has 104 valence electrons. The molecule has 1 aromatic carbocycles. The molecule has 2 aromatic heterocycles. The van der Waals surface area contributed by atoms with Gasteiger partial charge in [0.2, 0.25) is 0 Å². The lowest BCUT2D eigenvalue weighted by molar-refractivity contribution is 0.526. The summed E-state index contributed by atoms with van der Waals surface area (Å²) in [5, 5.41) is 6.89. The van der Waals surface area contributed by atoms with Crippen LogP contribution in [-0.4, -0.2) is 19.7 Å². The third-order valence-corrected chi connectivity index (χ3v) is 3.46. The molecule has 0 spiro atoms. The van der Waals surface area contributed by atoms with Gasteiger partial charge >= 0.3 is 0 Å². The normalized spacial score (nSPS) is 12.2. The van der Waals surface area contributed by atoms with E-state index in [1.165, 1.54) is 0 Å². The van der Waals surface area contributed by atoms with E-state index < -0.39 is 0 Å². The van der Waals surface area contributed by atoms with Crippen molar-refractivity contribution in [3.8, 4) is 11.3 Å². The van der Waals surface area contributed by atoms with E-state index in [0.717, 1.165) is 28.1 Å². The summed E-state index contributed by atoms with van der Waals surface area (Å²) in [6.07, 6.45) is 0. The van der Waals surface area contributed by atoms with Gasteiger partial charge in [0.1, 0.15) is 11.6 Å². The number of hydrogen-bond donors (Lipinski definition) is 2. The van der Waals surface area contributed by atoms with Crippen molar-refractivity contribution >= 4 is 16.9 Å². The van der Waals surface area contributed by atoms with Crippen LogP contribution in [0.15, 0.2) is 24.3 Å². The number of aromatic nitrogens is 4. The number of hydrogen-bond acceptors (Lipinski definition) is 3. The molecule has 5 heteroatoms. The summed E-state index contributed by atoms with van der Waals surface area (Å²) in [5.74, 6) is 1.57. The van der Waals surface area contributed by atoms with Gasteiger partial charge in [0, 0.05) is 24.1 Å². The number of benzene rings is 1. The van der Waals surface area contributed by atoms with E-state index in [1.807, 2.05) is 6.07 Å². The van der Waals surface area contributed by atoms with E-state index >= 15 is 0 Å². The van der Waals surface area contributed by atoms with Crippen molar-refractivity contribution in [2.24, 2.45) is 7.05 Å². The number of nitrogens with zero attached hydrogens (tertiary/aromatic N) is 3.